The quantitative estimate of drug-likeness (QED) is 0.585. The smallest absolute Gasteiger partial charge is 0.326 e. The summed E-state index contributed by atoms with van der Waals surface area (Å²) in [6.07, 6.45) is 1.40. The molecule has 1 aromatic carbocycles. The van der Waals surface area contributed by atoms with Crippen molar-refractivity contribution in [2.75, 3.05) is 0 Å². The van der Waals surface area contributed by atoms with Crippen LogP contribution < -0.4 is 11.1 Å². The van der Waals surface area contributed by atoms with Crippen molar-refractivity contribution in [3.63, 3.8) is 0 Å². The molecule has 0 aliphatic rings. The molecule has 0 aromatic heterocycles. The van der Waals surface area contributed by atoms with Gasteiger partial charge in [0.1, 0.15) is 11.8 Å². The number of benzene rings is 1. The Morgan fingerprint density at radius 2 is 1.90 bits per heavy atom. The zero-order chi connectivity index (χ0) is 15.1. The van der Waals surface area contributed by atoms with Gasteiger partial charge in [0.15, 0.2) is 0 Å². The van der Waals surface area contributed by atoms with Crippen LogP contribution in [0.15, 0.2) is 24.3 Å². The van der Waals surface area contributed by atoms with Gasteiger partial charge in [0.05, 0.1) is 6.04 Å². The van der Waals surface area contributed by atoms with E-state index >= 15 is 0 Å². The lowest BCUT2D eigenvalue weighted by Crippen LogP contribution is -2.49. The zero-order valence-corrected chi connectivity index (χ0v) is 11.4. The van der Waals surface area contributed by atoms with Crippen LogP contribution in [0.2, 0.25) is 0 Å². The van der Waals surface area contributed by atoms with Crippen molar-refractivity contribution in [1.29, 1.82) is 0 Å². The molecule has 0 fully saturated rings. The molecule has 2 atom stereocenters. The van der Waals surface area contributed by atoms with Crippen molar-refractivity contribution in [2.24, 2.45) is 5.73 Å². The van der Waals surface area contributed by atoms with Gasteiger partial charge in [-0.25, -0.2) is 4.79 Å². The molecule has 0 saturated heterocycles. The third-order valence-electron chi connectivity index (χ3n) is 2.93. The van der Waals surface area contributed by atoms with E-state index in [2.05, 4.69) is 5.32 Å². The number of amides is 1. The summed E-state index contributed by atoms with van der Waals surface area (Å²) in [6, 6.07) is 4.45. The Morgan fingerprint density at radius 3 is 2.40 bits per heavy atom. The van der Waals surface area contributed by atoms with Gasteiger partial charge in [-0.15, -0.1) is 0 Å². The largest absolute Gasteiger partial charge is 0.508 e. The van der Waals surface area contributed by atoms with Crippen LogP contribution in [-0.2, 0) is 16.0 Å². The number of phenols is 1. The number of rotatable bonds is 7. The summed E-state index contributed by atoms with van der Waals surface area (Å²) in [5.74, 6) is -1.47. The van der Waals surface area contributed by atoms with Crippen molar-refractivity contribution < 1.29 is 19.8 Å². The maximum Gasteiger partial charge on any atom is 0.326 e. The first-order valence-corrected chi connectivity index (χ1v) is 6.50. The molecular formula is C14H20N2O4. The lowest BCUT2D eigenvalue weighted by Gasteiger charge is -2.17. The van der Waals surface area contributed by atoms with Crippen LogP contribution in [0.1, 0.15) is 25.3 Å². The standard InChI is InChI=1S/C14H20N2O4/c1-2-3-11(15)13(18)16-12(14(19)20)8-9-4-6-10(17)7-5-9/h4-7,11-12,17H,2-3,8,15H2,1H3,(H,16,18)(H,19,20)/t11-,12-/m0/s1. The highest BCUT2D eigenvalue weighted by Gasteiger charge is 2.23. The molecule has 20 heavy (non-hydrogen) atoms. The molecule has 110 valence electrons. The summed E-state index contributed by atoms with van der Waals surface area (Å²) < 4.78 is 0. The molecule has 0 heterocycles. The third-order valence-corrected chi connectivity index (χ3v) is 2.93. The van der Waals surface area contributed by atoms with E-state index in [4.69, 9.17) is 10.8 Å². The highest BCUT2D eigenvalue weighted by Crippen LogP contribution is 2.11. The molecule has 0 aliphatic heterocycles. The van der Waals surface area contributed by atoms with E-state index < -0.39 is 24.0 Å². The summed E-state index contributed by atoms with van der Waals surface area (Å²) in [6.45, 7) is 1.90. The average Bonchev–Trinajstić information content (AvgIpc) is 2.40. The normalized spacial score (nSPS) is 13.5. The lowest BCUT2D eigenvalue weighted by molar-refractivity contribution is -0.142. The minimum Gasteiger partial charge on any atom is -0.508 e. The molecule has 6 nitrogen and oxygen atoms in total. The predicted octanol–water partition coefficient (Wildman–Crippen LogP) is 0.631. The second kappa shape index (κ2) is 7.49. The fraction of sp³-hybridized carbons (Fsp3) is 0.429. The second-order valence-electron chi connectivity index (χ2n) is 4.67. The van der Waals surface area contributed by atoms with E-state index in [9.17, 15) is 14.7 Å². The number of carboxylic acid groups (broad SMARTS) is 1. The first-order chi connectivity index (χ1) is 9.43. The molecule has 1 amide bonds. The van der Waals surface area contributed by atoms with Gasteiger partial charge in [-0.3, -0.25) is 4.79 Å². The highest BCUT2D eigenvalue weighted by molar-refractivity contribution is 5.86. The lowest BCUT2D eigenvalue weighted by atomic mass is 10.0. The monoisotopic (exact) mass is 280 g/mol. The van der Waals surface area contributed by atoms with Crippen molar-refractivity contribution in [3.05, 3.63) is 29.8 Å². The van der Waals surface area contributed by atoms with E-state index in [1.54, 1.807) is 12.1 Å². The van der Waals surface area contributed by atoms with Gasteiger partial charge in [-0.1, -0.05) is 25.5 Å². The van der Waals surface area contributed by atoms with Crippen LogP contribution >= 0.6 is 0 Å². The summed E-state index contributed by atoms with van der Waals surface area (Å²) in [7, 11) is 0. The van der Waals surface area contributed by atoms with E-state index in [1.165, 1.54) is 12.1 Å². The molecule has 1 aromatic rings. The molecule has 0 radical (unpaired) electrons. The molecule has 0 unspecified atom stereocenters. The molecule has 1 rings (SSSR count). The van der Waals surface area contributed by atoms with Crippen LogP contribution in [-0.4, -0.2) is 34.2 Å². The van der Waals surface area contributed by atoms with Crippen LogP contribution in [0.5, 0.6) is 5.75 Å². The van der Waals surface area contributed by atoms with Gasteiger partial charge in [0, 0.05) is 6.42 Å². The summed E-state index contributed by atoms with van der Waals surface area (Å²) in [4.78, 5) is 22.9. The summed E-state index contributed by atoms with van der Waals surface area (Å²) >= 11 is 0. The Kier molecular flexibility index (Phi) is 5.99. The van der Waals surface area contributed by atoms with E-state index in [0.29, 0.717) is 12.0 Å². The SMILES string of the molecule is CCC[C@H](N)C(=O)N[C@@H](Cc1ccc(O)cc1)C(=O)O. The average molecular weight is 280 g/mol. The zero-order valence-electron chi connectivity index (χ0n) is 11.4. The fourth-order valence-electron chi connectivity index (χ4n) is 1.79. The number of nitrogens with one attached hydrogen (secondary N) is 1. The molecule has 6 heteroatoms. The topological polar surface area (TPSA) is 113 Å². The number of aromatic hydroxyl groups is 1. The van der Waals surface area contributed by atoms with Gasteiger partial charge >= 0.3 is 5.97 Å². The molecule has 0 saturated carbocycles. The van der Waals surface area contributed by atoms with Crippen LogP contribution in [0, 0.1) is 0 Å². The van der Waals surface area contributed by atoms with E-state index in [-0.39, 0.29) is 12.2 Å². The second-order valence-corrected chi connectivity index (χ2v) is 4.67. The van der Waals surface area contributed by atoms with Crippen LogP contribution in [0.3, 0.4) is 0 Å². The minimum absolute atomic E-state index is 0.106. The maximum atomic E-state index is 11.8. The highest BCUT2D eigenvalue weighted by atomic mass is 16.4. The first kappa shape index (κ1) is 16.0. The number of phenolic OH excluding ortho intramolecular Hbond substituents is 1. The molecular weight excluding hydrogens is 260 g/mol. The maximum absolute atomic E-state index is 11.8. The Morgan fingerprint density at radius 1 is 1.30 bits per heavy atom. The number of hydrogen-bond acceptors (Lipinski definition) is 4. The van der Waals surface area contributed by atoms with E-state index in [1.807, 2.05) is 6.92 Å². The van der Waals surface area contributed by atoms with Gasteiger partial charge in [0.25, 0.3) is 0 Å². The molecule has 0 spiro atoms. The third kappa shape index (κ3) is 4.89. The van der Waals surface area contributed by atoms with Crippen molar-refractivity contribution in [1.82, 2.24) is 5.32 Å². The van der Waals surface area contributed by atoms with Gasteiger partial charge < -0.3 is 21.3 Å². The van der Waals surface area contributed by atoms with Crippen LogP contribution in [0.4, 0.5) is 0 Å². The van der Waals surface area contributed by atoms with Crippen LogP contribution in [0.25, 0.3) is 0 Å². The Bertz CT molecular complexity index is 459. The van der Waals surface area contributed by atoms with Crippen molar-refractivity contribution in [2.45, 2.75) is 38.3 Å². The summed E-state index contributed by atoms with van der Waals surface area (Å²) in [5.41, 5.74) is 6.36. The Labute approximate surface area is 117 Å². The summed E-state index contributed by atoms with van der Waals surface area (Å²) in [5, 5.41) is 20.8. The predicted molar refractivity (Wildman–Crippen MR) is 74.3 cm³/mol. The number of nitrogens with two attached hydrogens (primary N) is 1. The minimum atomic E-state index is -1.12. The number of carbonyl (C=O) groups excluding carboxylic acids is 1. The van der Waals surface area contributed by atoms with Crippen molar-refractivity contribution in [3.8, 4) is 5.75 Å². The van der Waals surface area contributed by atoms with Gasteiger partial charge in [-0.2, -0.15) is 0 Å². The van der Waals surface area contributed by atoms with Crippen molar-refractivity contribution >= 4 is 11.9 Å². The number of hydrogen-bond donors (Lipinski definition) is 4. The van der Waals surface area contributed by atoms with Gasteiger partial charge in [-0.05, 0) is 24.1 Å². The fourth-order valence-corrected chi connectivity index (χ4v) is 1.79. The first-order valence-electron chi connectivity index (χ1n) is 6.50. The Balaban J connectivity index is 2.67. The number of aliphatic carboxylic acids is 1. The molecule has 0 aliphatic carbocycles. The Hall–Kier alpha value is -2.08. The molecule has 0 bridgehead atoms. The molecule has 5 N–H and O–H groups in total. The van der Waals surface area contributed by atoms with Gasteiger partial charge in [0.2, 0.25) is 5.91 Å². The number of carbonyl (C=O) groups is 2. The van der Waals surface area contributed by atoms with E-state index in [0.717, 1.165) is 6.42 Å². The number of carboxylic acids is 1.